The average Bonchev–Trinajstić information content (AvgIpc) is 2.33. The molecule has 1 aromatic rings. The van der Waals surface area contributed by atoms with Gasteiger partial charge in [-0.25, -0.2) is 0 Å². The number of nitrogens with one attached hydrogen (secondary N) is 1. The molecule has 0 amide bonds. The number of para-hydroxylation sites is 1. The molecule has 2 heteroatoms. The fourth-order valence-electron chi connectivity index (χ4n) is 2.19. The molecule has 0 spiro atoms. The van der Waals surface area contributed by atoms with Gasteiger partial charge in [-0.1, -0.05) is 31.5 Å². The Bertz CT molecular complexity index is 318. The molecular formula is C14H21NO. The lowest BCUT2D eigenvalue weighted by molar-refractivity contribution is 0.165. The summed E-state index contributed by atoms with van der Waals surface area (Å²) >= 11 is 0. The van der Waals surface area contributed by atoms with Gasteiger partial charge in [0.2, 0.25) is 0 Å². The molecule has 0 unspecified atom stereocenters. The van der Waals surface area contributed by atoms with E-state index in [2.05, 4.69) is 36.5 Å². The molecule has 88 valence electrons. The second-order valence-corrected chi connectivity index (χ2v) is 4.44. The van der Waals surface area contributed by atoms with Crippen molar-refractivity contribution in [1.82, 2.24) is 5.32 Å². The number of aryl methyl sites for hydroxylation is 1. The van der Waals surface area contributed by atoms with E-state index in [0.717, 1.165) is 25.3 Å². The van der Waals surface area contributed by atoms with Gasteiger partial charge in [0, 0.05) is 6.54 Å². The SMILES string of the molecule is CCCc1ccccc1O[C@H]1CCCNC1. The second kappa shape index (κ2) is 5.90. The molecule has 1 aliphatic heterocycles. The van der Waals surface area contributed by atoms with Crippen molar-refractivity contribution >= 4 is 0 Å². The van der Waals surface area contributed by atoms with Gasteiger partial charge in [0.25, 0.3) is 0 Å². The molecule has 1 N–H and O–H groups in total. The monoisotopic (exact) mass is 219 g/mol. The maximum absolute atomic E-state index is 6.08. The van der Waals surface area contributed by atoms with E-state index in [1.807, 2.05) is 0 Å². The minimum atomic E-state index is 0.353. The Morgan fingerprint density at radius 3 is 3.00 bits per heavy atom. The number of piperidine rings is 1. The van der Waals surface area contributed by atoms with Crippen molar-refractivity contribution in [2.45, 2.75) is 38.7 Å². The smallest absolute Gasteiger partial charge is 0.122 e. The van der Waals surface area contributed by atoms with Crippen molar-refractivity contribution in [3.8, 4) is 5.75 Å². The van der Waals surface area contributed by atoms with E-state index in [1.54, 1.807) is 0 Å². The van der Waals surface area contributed by atoms with E-state index in [1.165, 1.54) is 24.8 Å². The van der Waals surface area contributed by atoms with Crippen LogP contribution in [-0.2, 0) is 6.42 Å². The number of ether oxygens (including phenoxy) is 1. The van der Waals surface area contributed by atoms with Gasteiger partial charge in [-0.15, -0.1) is 0 Å². The highest BCUT2D eigenvalue weighted by molar-refractivity contribution is 5.33. The van der Waals surface area contributed by atoms with Crippen LogP contribution in [0.25, 0.3) is 0 Å². The van der Waals surface area contributed by atoms with Crippen molar-refractivity contribution in [1.29, 1.82) is 0 Å². The van der Waals surface area contributed by atoms with Gasteiger partial charge in [0.15, 0.2) is 0 Å². The molecule has 0 radical (unpaired) electrons. The van der Waals surface area contributed by atoms with Crippen LogP contribution in [0.5, 0.6) is 5.75 Å². The zero-order valence-corrected chi connectivity index (χ0v) is 10.0. The summed E-state index contributed by atoms with van der Waals surface area (Å²) in [5.41, 5.74) is 1.34. The van der Waals surface area contributed by atoms with Crippen LogP contribution in [0.2, 0.25) is 0 Å². The van der Waals surface area contributed by atoms with E-state index in [9.17, 15) is 0 Å². The van der Waals surface area contributed by atoms with Crippen LogP contribution in [0.3, 0.4) is 0 Å². The highest BCUT2D eigenvalue weighted by Crippen LogP contribution is 2.22. The number of hydrogen-bond acceptors (Lipinski definition) is 2. The molecule has 2 rings (SSSR count). The van der Waals surface area contributed by atoms with E-state index < -0.39 is 0 Å². The molecule has 1 saturated heterocycles. The highest BCUT2D eigenvalue weighted by atomic mass is 16.5. The maximum atomic E-state index is 6.08. The van der Waals surface area contributed by atoms with Crippen molar-refractivity contribution in [2.24, 2.45) is 0 Å². The minimum absolute atomic E-state index is 0.353. The van der Waals surface area contributed by atoms with Crippen LogP contribution >= 0.6 is 0 Å². The van der Waals surface area contributed by atoms with E-state index >= 15 is 0 Å². The molecule has 16 heavy (non-hydrogen) atoms. The fraction of sp³-hybridized carbons (Fsp3) is 0.571. The first kappa shape index (κ1) is 11.5. The first-order valence-electron chi connectivity index (χ1n) is 6.35. The van der Waals surface area contributed by atoms with Gasteiger partial charge in [0.05, 0.1) is 0 Å². The topological polar surface area (TPSA) is 21.3 Å². The van der Waals surface area contributed by atoms with Crippen molar-refractivity contribution in [2.75, 3.05) is 13.1 Å². The molecule has 1 fully saturated rings. The maximum Gasteiger partial charge on any atom is 0.122 e. The molecule has 0 aromatic heterocycles. The Morgan fingerprint density at radius 2 is 2.25 bits per heavy atom. The summed E-state index contributed by atoms with van der Waals surface area (Å²) < 4.78 is 6.08. The lowest BCUT2D eigenvalue weighted by Crippen LogP contribution is -2.37. The Labute approximate surface area is 98.0 Å². The quantitative estimate of drug-likeness (QED) is 0.840. The van der Waals surface area contributed by atoms with Crippen LogP contribution in [0.15, 0.2) is 24.3 Å². The Hall–Kier alpha value is -1.02. The molecule has 1 aromatic carbocycles. The summed E-state index contributed by atoms with van der Waals surface area (Å²) in [4.78, 5) is 0. The lowest BCUT2D eigenvalue weighted by atomic mass is 10.1. The summed E-state index contributed by atoms with van der Waals surface area (Å²) in [7, 11) is 0. The second-order valence-electron chi connectivity index (χ2n) is 4.44. The Kier molecular flexibility index (Phi) is 4.23. The molecule has 1 heterocycles. The summed E-state index contributed by atoms with van der Waals surface area (Å²) in [5.74, 6) is 1.08. The lowest BCUT2D eigenvalue weighted by Gasteiger charge is -2.25. The number of benzene rings is 1. The normalized spacial score (nSPS) is 20.7. The van der Waals surface area contributed by atoms with Gasteiger partial charge >= 0.3 is 0 Å². The minimum Gasteiger partial charge on any atom is -0.489 e. The fourth-order valence-corrected chi connectivity index (χ4v) is 2.19. The third-order valence-electron chi connectivity index (χ3n) is 3.04. The third-order valence-corrected chi connectivity index (χ3v) is 3.04. The number of hydrogen-bond donors (Lipinski definition) is 1. The summed E-state index contributed by atoms with van der Waals surface area (Å²) in [6.45, 7) is 4.33. The Morgan fingerprint density at radius 1 is 1.38 bits per heavy atom. The van der Waals surface area contributed by atoms with Crippen molar-refractivity contribution < 1.29 is 4.74 Å². The molecule has 0 aliphatic carbocycles. The van der Waals surface area contributed by atoms with E-state index in [-0.39, 0.29) is 0 Å². The van der Waals surface area contributed by atoms with Crippen molar-refractivity contribution in [3.05, 3.63) is 29.8 Å². The summed E-state index contributed by atoms with van der Waals surface area (Å²) in [6.07, 6.45) is 5.03. The van der Waals surface area contributed by atoms with Gasteiger partial charge in [0.1, 0.15) is 11.9 Å². The highest BCUT2D eigenvalue weighted by Gasteiger charge is 2.15. The molecule has 2 nitrogen and oxygen atoms in total. The van der Waals surface area contributed by atoms with E-state index in [4.69, 9.17) is 4.74 Å². The molecule has 0 bridgehead atoms. The van der Waals surface area contributed by atoms with Crippen LogP contribution < -0.4 is 10.1 Å². The number of rotatable bonds is 4. The van der Waals surface area contributed by atoms with Crippen LogP contribution in [0, 0.1) is 0 Å². The van der Waals surface area contributed by atoms with Gasteiger partial charge in [-0.3, -0.25) is 0 Å². The first-order valence-corrected chi connectivity index (χ1v) is 6.35. The van der Waals surface area contributed by atoms with Gasteiger partial charge in [-0.05, 0) is 37.4 Å². The molecule has 0 saturated carbocycles. The zero-order valence-electron chi connectivity index (χ0n) is 10.0. The van der Waals surface area contributed by atoms with Crippen LogP contribution in [-0.4, -0.2) is 19.2 Å². The third kappa shape index (κ3) is 2.99. The van der Waals surface area contributed by atoms with Crippen molar-refractivity contribution in [3.63, 3.8) is 0 Å². The standard InChI is InChI=1S/C14H21NO/c1-2-6-12-7-3-4-9-14(12)16-13-8-5-10-15-11-13/h3-4,7,9,13,15H,2,5-6,8,10-11H2,1H3/t13-/m0/s1. The largest absolute Gasteiger partial charge is 0.489 e. The van der Waals surface area contributed by atoms with Crippen LogP contribution in [0.1, 0.15) is 31.7 Å². The average molecular weight is 219 g/mol. The van der Waals surface area contributed by atoms with E-state index in [0.29, 0.717) is 6.10 Å². The first-order chi connectivity index (χ1) is 7.90. The Balaban J connectivity index is 2.01. The predicted octanol–water partition coefficient (Wildman–Crippen LogP) is 2.77. The molecule has 1 atom stereocenters. The predicted molar refractivity (Wildman–Crippen MR) is 67.0 cm³/mol. The van der Waals surface area contributed by atoms with Crippen LogP contribution in [0.4, 0.5) is 0 Å². The summed E-state index contributed by atoms with van der Waals surface area (Å²) in [5, 5.41) is 3.38. The summed E-state index contributed by atoms with van der Waals surface area (Å²) in [6, 6.07) is 8.43. The molecular weight excluding hydrogens is 198 g/mol. The van der Waals surface area contributed by atoms with Gasteiger partial charge in [-0.2, -0.15) is 0 Å². The zero-order chi connectivity index (χ0) is 11.2. The molecule has 1 aliphatic rings. The van der Waals surface area contributed by atoms with Gasteiger partial charge < -0.3 is 10.1 Å².